The Morgan fingerprint density at radius 1 is 1.50 bits per heavy atom. The molecule has 0 aliphatic heterocycles. The number of hydrogen-bond acceptors (Lipinski definition) is 2. The van der Waals surface area contributed by atoms with Crippen LogP contribution in [0, 0.1) is 12.7 Å². The zero-order valence-electron chi connectivity index (χ0n) is 6.27. The van der Waals surface area contributed by atoms with Gasteiger partial charge in [-0.05, 0) is 36.2 Å². The van der Waals surface area contributed by atoms with E-state index in [9.17, 15) is 4.39 Å². The van der Waals surface area contributed by atoms with Crippen molar-refractivity contribution in [3.63, 3.8) is 0 Å². The summed E-state index contributed by atoms with van der Waals surface area (Å²) in [4.78, 5) is 0. The van der Waals surface area contributed by atoms with Gasteiger partial charge in [0.05, 0.1) is 4.70 Å². The molecule has 1 nitrogen and oxygen atoms in total. The monoisotopic (exact) mass is 201 g/mol. The Morgan fingerprint density at radius 3 is 3.00 bits per heavy atom. The van der Waals surface area contributed by atoms with Gasteiger partial charge in [0.15, 0.2) is 5.15 Å². The average molecular weight is 202 g/mol. The van der Waals surface area contributed by atoms with E-state index < -0.39 is 0 Å². The SMILES string of the molecule is Cc1cc2c(Cl)nsc2cc1F. The maximum atomic E-state index is 13.0. The summed E-state index contributed by atoms with van der Waals surface area (Å²) in [6.07, 6.45) is 0. The van der Waals surface area contributed by atoms with E-state index in [0.29, 0.717) is 10.7 Å². The molecule has 0 fully saturated rings. The Kier molecular flexibility index (Phi) is 1.77. The first-order valence-electron chi connectivity index (χ1n) is 3.39. The number of aryl methyl sites for hydroxylation is 1. The van der Waals surface area contributed by atoms with Crippen LogP contribution in [0.15, 0.2) is 12.1 Å². The second-order valence-corrected chi connectivity index (χ2v) is 3.73. The maximum Gasteiger partial charge on any atom is 0.150 e. The molecule has 0 radical (unpaired) electrons. The highest BCUT2D eigenvalue weighted by molar-refractivity contribution is 7.13. The molecule has 62 valence electrons. The number of fused-ring (bicyclic) bond motifs is 1. The van der Waals surface area contributed by atoms with Crippen LogP contribution in [0.5, 0.6) is 0 Å². The van der Waals surface area contributed by atoms with Crippen LogP contribution in [0.25, 0.3) is 10.1 Å². The van der Waals surface area contributed by atoms with Gasteiger partial charge in [0, 0.05) is 5.39 Å². The van der Waals surface area contributed by atoms with Crippen molar-refractivity contribution >= 4 is 33.2 Å². The van der Waals surface area contributed by atoms with E-state index >= 15 is 0 Å². The van der Waals surface area contributed by atoms with E-state index in [-0.39, 0.29) is 5.82 Å². The lowest BCUT2D eigenvalue weighted by Gasteiger charge is -1.94. The highest BCUT2D eigenvalue weighted by Gasteiger charge is 2.06. The Bertz CT molecular complexity index is 438. The van der Waals surface area contributed by atoms with E-state index in [1.54, 1.807) is 13.0 Å². The Labute approximate surface area is 77.9 Å². The third-order valence-electron chi connectivity index (χ3n) is 1.71. The largest absolute Gasteiger partial charge is 0.207 e. The third-order valence-corrected chi connectivity index (χ3v) is 2.90. The van der Waals surface area contributed by atoms with E-state index in [0.717, 1.165) is 10.1 Å². The van der Waals surface area contributed by atoms with E-state index in [1.807, 2.05) is 0 Å². The molecule has 2 rings (SSSR count). The predicted molar refractivity (Wildman–Crippen MR) is 49.3 cm³/mol. The zero-order valence-corrected chi connectivity index (χ0v) is 7.84. The molecule has 12 heavy (non-hydrogen) atoms. The van der Waals surface area contributed by atoms with Gasteiger partial charge >= 0.3 is 0 Å². The second-order valence-electron chi connectivity index (χ2n) is 2.57. The topological polar surface area (TPSA) is 12.9 Å². The van der Waals surface area contributed by atoms with Crippen molar-refractivity contribution in [1.82, 2.24) is 4.37 Å². The number of benzene rings is 1. The Balaban J connectivity index is 2.87. The minimum atomic E-state index is -0.206. The Morgan fingerprint density at radius 2 is 2.25 bits per heavy atom. The zero-order chi connectivity index (χ0) is 8.72. The van der Waals surface area contributed by atoms with Gasteiger partial charge < -0.3 is 0 Å². The molecule has 1 aromatic carbocycles. The summed E-state index contributed by atoms with van der Waals surface area (Å²) in [6, 6.07) is 3.19. The highest BCUT2D eigenvalue weighted by atomic mass is 35.5. The minimum Gasteiger partial charge on any atom is -0.207 e. The lowest BCUT2D eigenvalue weighted by atomic mass is 10.2. The van der Waals surface area contributed by atoms with Crippen molar-refractivity contribution in [2.45, 2.75) is 6.92 Å². The van der Waals surface area contributed by atoms with Crippen LogP contribution >= 0.6 is 23.1 Å². The molecule has 0 spiro atoms. The van der Waals surface area contributed by atoms with Crippen LogP contribution in [0.3, 0.4) is 0 Å². The maximum absolute atomic E-state index is 13.0. The summed E-state index contributed by atoms with van der Waals surface area (Å²) in [7, 11) is 0. The molecular weight excluding hydrogens is 197 g/mol. The van der Waals surface area contributed by atoms with Gasteiger partial charge in [-0.2, -0.15) is 4.37 Å². The number of halogens is 2. The molecule has 0 aliphatic carbocycles. The number of nitrogens with zero attached hydrogens (tertiary/aromatic N) is 1. The molecule has 4 heteroatoms. The fraction of sp³-hybridized carbons (Fsp3) is 0.125. The first-order chi connectivity index (χ1) is 5.68. The fourth-order valence-electron chi connectivity index (χ4n) is 1.04. The number of aromatic nitrogens is 1. The molecule has 1 aromatic heterocycles. The molecule has 0 amide bonds. The second kappa shape index (κ2) is 2.68. The summed E-state index contributed by atoms with van der Waals surface area (Å²) in [5.74, 6) is -0.206. The quantitative estimate of drug-likeness (QED) is 0.637. The van der Waals surface area contributed by atoms with Crippen molar-refractivity contribution in [2.75, 3.05) is 0 Å². The first-order valence-corrected chi connectivity index (χ1v) is 4.54. The van der Waals surface area contributed by atoms with Crippen LogP contribution in [0.2, 0.25) is 5.15 Å². The molecule has 1 heterocycles. The molecule has 0 unspecified atom stereocenters. The lowest BCUT2D eigenvalue weighted by Crippen LogP contribution is -1.79. The summed E-state index contributed by atoms with van der Waals surface area (Å²) in [5, 5.41) is 1.29. The van der Waals surface area contributed by atoms with Gasteiger partial charge in [0.2, 0.25) is 0 Å². The molecule has 0 aliphatic rings. The number of hydrogen-bond donors (Lipinski definition) is 0. The fourth-order valence-corrected chi connectivity index (χ4v) is 2.04. The summed E-state index contributed by atoms with van der Waals surface area (Å²) in [5.41, 5.74) is 0.601. The first kappa shape index (κ1) is 7.95. The normalized spacial score (nSPS) is 10.9. The molecule has 0 saturated carbocycles. The van der Waals surface area contributed by atoms with Gasteiger partial charge in [0.1, 0.15) is 5.82 Å². The number of rotatable bonds is 0. The smallest absolute Gasteiger partial charge is 0.150 e. The van der Waals surface area contributed by atoms with Crippen molar-refractivity contribution in [3.8, 4) is 0 Å². The molecular formula is C8H5ClFNS. The van der Waals surface area contributed by atoms with Gasteiger partial charge in [-0.1, -0.05) is 11.6 Å². The van der Waals surface area contributed by atoms with Crippen LogP contribution in [-0.4, -0.2) is 4.37 Å². The molecule has 2 aromatic rings. The Hall–Kier alpha value is -0.670. The van der Waals surface area contributed by atoms with E-state index in [2.05, 4.69) is 4.37 Å². The third kappa shape index (κ3) is 1.09. The van der Waals surface area contributed by atoms with Crippen molar-refractivity contribution < 1.29 is 4.39 Å². The van der Waals surface area contributed by atoms with Gasteiger partial charge in [0.25, 0.3) is 0 Å². The highest BCUT2D eigenvalue weighted by Crippen LogP contribution is 2.28. The summed E-state index contributed by atoms with van der Waals surface area (Å²) < 4.78 is 17.7. The molecule has 0 bridgehead atoms. The average Bonchev–Trinajstić information content (AvgIpc) is 2.35. The standard InChI is InChI=1S/C8H5ClFNS/c1-4-2-5-7(3-6(4)10)12-11-8(5)9/h2-3H,1H3. The van der Waals surface area contributed by atoms with Gasteiger partial charge in [-0.15, -0.1) is 0 Å². The van der Waals surface area contributed by atoms with Crippen molar-refractivity contribution in [2.24, 2.45) is 0 Å². The van der Waals surface area contributed by atoms with Crippen LogP contribution < -0.4 is 0 Å². The summed E-state index contributed by atoms with van der Waals surface area (Å²) >= 11 is 6.99. The van der Waals surface area contributed by atoms with Crippen LogP contribution in [0.1, 0.15) is 5.56 Å². The van der Waals surface area contributed by atoms with Crippen molar-refractivity contribution in [1.29, 1.82) is 0 Å². The van der Waals surface area contributed by atoms with E-state index in [4.69, 9.17) is 11.6 Å². The molecule has 0 saturated heterocycles. The van der Waals surface area contributed by atoms with Crippen LogP contribution in [-0.2, 0) is 0 Å². The molecule has 0 N–H and O–H groups in total. The lowest BCUT2D eigenvalue weighted by molar-refractivity contribution is 0.621. The molecule has 0 atom stereocenters. The van der Waals surface area contributed by atoms with Gasteiger partial charge in [-0.25, -0.2) is 4.39 Å². The summed E-state index contributed by atoms with van der Waals surface area (Å²) in [6.45, 7) is 1.71. The predicted octanol–water partition coefficient (Wildman–Crippen LogP) is 3.40. The van der Waals surface area contributed by atoms with Gasteiger partial charge in [-0.3, -0.25) is 0 Å². The van der Waals surface area contributed by atoms with E-state index in [1.165, 1.54) is 17.6 Å². The minimum absolute atomic E-state index is 0.206. The van der Waals surface area contributed by atoms with Crippen molar-refractivity contribution in [3.05, 3.63) is 28.7 Å². The van der Waals surface area contributed by atoms with Crippen LogP contribution in [0.4, 0.5) is 4.39 Å².